The zero-order chi connectivity index (χ0) is 11.8. The molecule has 0 aromatic rings. The Bertz CT molecular complexity index is 183. The summed E-state index contributed by atoms with van der Waals surface area (Å²) in [6.07, 6.45) is 1.06. The second-order valence-corrected chi connectivity index (χ2v) is 4.28. The minimum atomic E-state index is -0.0516. The van der Waals surface area contributed by atoms with Crippen molar-refractivity contribution in [1.29, 1.82) is 0 Å². The quantitative estimate of drug-likeness (QED) is 0.606. The van der Waals surface area contributed by atoms with E-state index in [1.165, 1.54) is 0 Å². The van der Waals surface area contributed by atoms with E-state index < -0.39 is 0 Å². The standard InChI is InChI=1S/C11H25N3O/c1-9(2)13-11(15)10(3)14(5)8-6-7-12-4/h9-10,12H,6-8H2,1-5H3,(H,13,15). The maximum absolute atomic E-state index is 11.7. The molecule has 2 N–H and O–H groups in total. The molecule has 0 aliphatic carbocycles. The molecule has 4 nitrogen and oxygen atoms in total. The van der Waals surface area contributed by atoms with Gasteiger partial charge in [0.05, 0.1) is 6.04 Å². The summed E-state index contributed by atoms with van der Waals surface area (Å²) >= 11 is 0. The van der Waals surface area contributed by atoms with E-state index in [1.54, 1.807) is 0 Å². The maximum atomic E-state index is 11.7. The third-order valence-electron chi connectivity index (χ3n) is 2.41. The highest BCUT2D eigenvalue weighted by molar-refractivity contribution is 5.81. The molecule has 0 saturated heterocycles. The Morgan fingerprint density at radius 3 is 2.40 bits per heavy atom. The predicted molar refractivity (Wildman–Crippen MR) is 63.9 cm³/mol. The van der Waals surface area contributed by atoms with Crippen molar-refractivity contribution in [1.82, 2.24) is 15.5 Å². The van der Waals surface area contributed by atoms with Gasteiger partial charge < -0.3 is 10.6 Å². The van der Waals surface area contributed by atoms with Crippen molar-refractivity contribution in [2.45, 2.75) is 39.3 Å². The molecule has 4 heteroatoms. The van der Waals surface area contributed by atoms with Crippen LogP contribution in [0.3, 0.4) is 0 Å². The van der Waals surface area contributed by atoms with Crippen LogP contribution < -0.4 is 10.6 Å². The summed E-state index contributed by atoms with van der Waals surface area (Å²) in [5.41, 5.74) is 0. The summed E-state index contributed by atoms with van der Waals surface area (Å²) in [5, 5.41) is 6.01. The third kappa shape index (κ3) is 6.47. The predicted octanol–water partition coefficient (Wildman–Crippen LogP) is 0.441. The number of nitrogens with zero attached hydrogens (tertiary/aromatic N) is 1. The lowest BCUT2D eigenvalue weighted by Crippen LogP contribution is -2.46. The van der Waals surface area contributed by atoms with Crippen molar-refractivity contribution < 1.29 is 4.79 Å². The van der Waals surface area contributed by atoms with Gasteiger partial charge in [0.25, 0.3) is 0 Å². The first-order chi connectivity index (χ1) is 6.99. The zero-order valence-electron chi connectivity index (χ0n) is 10.6. The van der Waals surface area contributed by atoms with Crippen molar-refractivity contribution in [3.63, 3.8) is 0 Å². The van der Waals surface area contributed by atoms with Crippen LogP contribution >= 0.6 is 0 Å². The van der Waals surface area contributed by atoms with Gasteiger partial charge in [-0.2, -0.15) is 0 Å². The molecule has 1 unspecified atom stereocenters. The molecule has 0 aliphatic heterocycles. The Morgan fingerprint density at radius 2 is 1.93 bits per heavy atom. The maximum Gasteiger partial charge on any atom is 0.237 e. The molecule has 1 amide bonds. The van der Waals surface area contributed by atoms with Crippen molar-refractivity contribution >= 4 is 5.91 Å². The van der Waals surface area contributed by atoms with E-state index in [0.29, 0.717) is 0 Å². The van der Waals surface area contributed by atoms with Crippen molar-refractivity contribution in [2.24, 2.45) is 0 Å². The normalized spacial score (nSPS) is 13.3. The molecule has 0 aromatic heterocycles. The topological polar surface area (TPSA) is 44.4 Å². The zero-order valence-corrected chi connectivity index (χ0v) is 10.6. The second kappa shape index (κ2) is 7.65. The minimum absolute atomic E-state index is 0.0516. The average Bonchev–Trinajstić information content (AvgIpc) is 2.15. The van der Waals surface area contributed by atoms with Crippen LogP contribution in [-0.2, 0) is 4.79 Å². The molecule has 90 valence electrons. The van der Waals surface area contributed by atoms with E-state index in [1.807, 2.05) is 34.9 Å². The van der Waals surface area contributed by atoms with E-state index in [0.717, 1.165) is 19.5 Å². The van der Waals surface area contributed by atoms with Crippen LogP contribution in [0.2, 0.25) is 0 Å². The first kappa shape index (κ1) is 14.4. The van der Waals surface area contributed by atoms with Gasteiger partial charge in [-0.05, 0) is 54.4 Å². The Hall–Kier alpha value is -0.610. The van der Waals surface area contributed by atoms with Gasteiger partial charge in [0.15, 0.2) is 0 Å². The van der Waals surface area contributed by atoms with E-state index in [2.05, 4.69) is 15.5 Å². The number of hydrogen-bond donors (Lipinski definition) is 2. The lowest BCUT2D eigenvalue weighted by atomic mass is 10.2. The fraction of sp³-hybridized carbons (Fsp3) is 0.909. The van der Waals surface area contributed by atoms with Gasteiger partial charge in [0.1, 0.15) is 0 Å². The molecule has 0 heterocycles. The summed E-state index contributed by atoms with van der Waals surface area (Å²) in [4.78, 5) is 13.7. The second-order valence-electron chi connectivity index (χ2n) is 4.28. The molecule has 15 heavy (non-hydrogen) atoms. The van der Waals surface area contributed by atoms with Gasteiger partial charge in [-0.3, -0.25) is 9.69 Å². The molecular formula is C11H25N3O. The molecule has 1 atom stereocenters. The van der Waals surface area contributed by atoms with E-state index in [-0.39, 0.29) is 18.0 Å². The van der Waals surface area contributed by atoms with Gasteiger partial charge in [0.2, 0.25) is 5.91 Å². The number of amides is 1. The van der Waals surface area contributed by atoms with E-state index in [4.69, 9.17) is 0 Å². The highest BCUT2D eigenvalue weighted by atomic mass is 16.2. The van der Waals surface area contributed by atoms with Crippen LogP contribution in [0, 0.1) is 0 Å². The van der Waals surface area contributed by atoms with Crippen molar-refractivity contribution in [3.05, 3.63) is 0 Å². The first-order valence-corrected chi connectivity index (χ1v) is 5.64. The van der Waals surface area contributed by atoms with Crippen LogP contribution in [0.25, 0.3) is 0 Å². The number of hydrogen-bond acceptors (Lipinski definition) is 3. The Morgan fingerprint density at radius 1 is 1.33 bits per heavy atom. The summed E-state index contributed by atoms with van der Waals surface area (Å²) in [7, 11) is 3.93. The number of carbonyl (C=O) groups is 1. The number of carbonyl (C=O) groups excluding carboxylic acids is 1. The first-order valence-electron chi connectivity index (χ1n) is 5.64. The van der Waals surface area contributed by atoms with Gasteiger partial charge in [-0.1, -0.05) is 0 Å². The Balaban J connectivity index is 3.85. The van der Waals surface area contributed by atoms with Crippen molar-refractivity contribution in [3.8, 4) is 0 Å². The van der Waals surface area contributed by atoms with Crippen LogP contribution in [0.4, 0.5) is 0 Å². The smallest absolute Gasteiger partial charge is 0.237 e. The molecule has 0 bridgehead atoms. The summed E-state index contributed by atoms with van der Waals surface area (Å²) in [5.74, 6) is 0.108. The fourth-order valence-corrected chi connectivity index (χ4v) is 1.30. The summed E-state index contributed by atoms with van der Waals surface area (Å²) in [6.45, 7) is 7.82. The minimum Gasteiger partial charge on any atom is -0.353 e. The monoisotopic (exact) mass is 215 g/mol. The summed E-state index contributed by atoms with van der Waals surface area (Å²) < 4.78 is 0. The highest BCUT2D eigenvalue weighted by Crippen LogP contribution is 1.97. The molecule has 0 saturated carbocycles. The fourth-order valence-electron chi connectivity index (χ4n) is 1.30. The molecule has 0 aromatic carbocycles. The average molecular weight is 215 g/mol. The summed E-state index contributed by atoms with van der Waals surface area (Å²) in [6, 6.07) is 0.162. The molecule has 0 spiro atoms. The van der Waals surface area contributed by atoms with E-state index >= 15 is 0 Å². The van der Waals surface area contributed by atoms with Crippen LogP contribution in [-0.4, -0.2) is 50.1 Å². The van der Waals surface area contributed by atoms with Crippen LogP contribution in [0.5, 0.6) is 0 Å². The number of rotatable bonds is 7. The van der Waals surface area contributed by atoms with E-state index in [9.17, 15) is 4.79 Å². The van der Waals surface area contributed by atoms with Gasteiger partial charge in [0, 0.05) is 6.04 Å². The molecule has 0 aliphatic rings. The Labute approximate surface area is 93.4 Å². The van der Waals surface area contributed by atoms with Crippen LogP contribution in [0.15, 0.2) is 0 Å². The molecule has 0 fully saturated rings. The Kier molecular flexibility index (Phi) is 7.34. The lowest BCUT2D eigenvalue weighted by molar-refractivity contribution is -0.125. The number of nitrogens with one attached hydrogen (secondary N) is 2. The third-order valence-corrected chi connectivity index (χ3v) is 2.41. The molecule has 0 radical (unpaired) electrons. The lowest BCUT2D eigenvalue weighted by Gasteiger charge is -2.24. The van der Waals surface area contributed by atoms with Gasteiger partial charge >= 0.3 is 0 Å². The van der Waals surface area contributed by atoms with Gasteiger partial charge in [-0.15, -0.1) is 0 Å². The molecular weight excluding hydrogens is 190 g/mol. The SMILES string of the molecule is CNCCCN(C)C(C)C(=O)NC(C)C. The van der Waals surface area contributed by atoms with Crippen molar-refractivity contribution in [2.75, 3.05) is 27.2 Å². The van der Waals surface area contributed by atoms with Gasteiger partial charge in [-0.25, -0.2) is 0 Å². The number of likely N-dealkylation sites (N-methyl/N-ethyl adjacent to an activating group) is 1. The largest absolute Gasteiger partial charge is 0.353 e. The molecule has 0 rings (SSSR count). The highest BCUT2D eigenvalue weighted by Gasteiger charge is 2.17. The van der Waals surface area contributed by atoms with Crippen LogP contribution in [0.1, 0.15) is 27.2 Å².